The monoisotopic (exact) mass is 318 g/mol. The molecule has 3 rings (SSSR count). The molecule has 2 N–H and O–H groups in total. The van der Waals surface area contributed by atoms with E-state index in [0.29, 0.717) is 18.1 Å². The van der Waals surface area contributed by atoms with Gasteiger partial charge in [0.2, 0.25) is 0 Å². The number of benzene rings is 2. The number of nitrogens with zero attached hydrogens (tertiary/aromatic N) is 2. The third kappa shape index (κ3) is 4.16. The molecule has 0 fully saturated rings. The number of carbonyl (C=O) groups is 1. The van der Waals surface area contributed by atoms with Crippen molar-refractivity contribution in [2.75, 3.05) is 5.32 Å². The van der Waals surface area contributed by atoms with Gasteiger partial charge in [0.25, 0.3) is 5.91 Å². The van der Waals surface area contributed by atoms with Crippen LogP contribution in [0.15, 0.2) is 67.0 Å². The Morgan fingerprint density at radius 1 is 1.00 bits per heavy atom. The van der Waals surface area contributed by atoms with Crippen LogP contribution in [0.3, 0.4) is 0 Å². The molecule has 0 aliphatic rings. The van der Waals surface area contributed by atoms with Crippen LogP contribution in [-0.2, 0) is 6.54 Å². The molecule has 5 heteroatoms. The van der Waals surface area contributed by atoms with Gasteiger partial charge in [-0.25, -0.2) is 9.97 Å². The summed E-state index contributed by atoms with van der Waals surface area (Å²) in [4.78, 5) is 20.5. The largest absolute Gasteiger partial charge is 0.347 e. The van der Waals surface area contributed by atoms with Crippen LogP contribution in [0.5, 0.6) is 0 Å². The molecule has 24 heavy (non-hydrogen) atoms. The van der Waals surface area contributed by atoms with Gasteiger partial charge in [0.15, 0.2) is 0 Å². The lowest BCUT2D eigenvalue weighted by molar-refractivity contribution is 0.0945. The summed E-state index contributed by atoms with van der Waals surface area (Å²) in [6.07, 6.45) is 3.03. The number of aromatic nitrogens is 2. The summed E-state index contributed by atoms with van der Waals surface area (Å²) in [5.74, 6) is 0.355. The highest BCUT2D eigenvalue weighted by atomic mass is 16.1. The average Bonchev–Trinajstić information content (AvgIpc) is 2.61. The van der Waals surface area contributed by atoms with Gasteiger partial charge in [0.1, 0.15) is 11.5 Å². The van der Waals surface area contributed by atoms with E-state index in [0.717, 1.165) is 16.8 Å². The van der Waals surface area contributed by atoms with Crippen molar-refractivity contribution in [1.29, 1.82) is 0 Å². The topological polar surface area (TPSA) is 66.9 Å². The third-order valence-corrected chi connectivity index (χ3v) is 3.47. The zero-order valence-corrected chi connectivity index (χ0v) is 13.4. The predicted octanol–water partition coefficient (Wildman–Crippen LogP) is 3.46. The Morgan fingerprint density at radius 2 is 1.83 bits per heavy atom. The van der Waals surface area contributed by atoms with Crippen LogP contribution in [0.1, 0.15) is 21.6 Å². The SMILES string of the molecule is Cc1cccc(Nc2cnc(C(=O)NCc3ccccc3)cn2)c1. The second kappa shape index (κ2) is 7.37. The fourth-order valence-electron chi connectivity index (χ4n) is 2.25. The highest BCUT2D eigenvalue weighted by Crippen LogP contribution is 2.14. The van der Waals surface area contributed by atoms with Gasteiger partial charge < -0.3 is 10.6 Å². The van der Waals surface area contributed by atoms with Gasteiger partial charge in [-0.05, 0) is 30.2 Å². The number of amides is 1. The molecule has 2 aromatic carbocycles. The van der Waals surface area contributed by atoms with E-state index in [4.69, 9.17) is 0 Å². The maximum absolute atomic E-state index is 12.1. The molecule has 0 spiro atoms. The molecule has 0 saturated heterocycles. The van der Waals surface area contributed by atoms with Crippen molar-refractivity contribution in [3.63, 3.8) is 0 Å². The van der Waals surface area contributed by atoms with Crippen molar-refractivity contribution >= 4 is 17.4 Å². The molecule has 1 amide bonds. The van der Waals surface area contributed by atoms with Crippen LogP contribution >= 0.6 is 0 Å². The van der Waals surface area contributed by atoms with Gasteiger partial charge in [-0.1, -0.05) is 42.5 Å². The molecular weight excluding hydrogens is 300 g/mol. The fourth-order valence-corrected chi connectivity index (χ4v) is 2.25. The maximum Gasteiger partial charge on any atom is 0.271 e. The molecule has 0 aliphatic carbocycles. The Kier molecular flexibility index (Phi) is 4.81. The molecule has 0 radical (unpaired) electrons. The van der Waals surface area contributed by atoms with Crippen LogP contribution in [0.4, 0.5) is 11.5 Å². The summed E-state index contributed by atoms with van der Waals surface area (Å²) in [6, 6.07) is 17.7. The van der Waals surface area contributed by atoms with E-state index < -0.39 is 0 Å². The first kappa shape index (κ1) is 15.7. The van der Waals surface area contributed by atoms with Gasteiger partial charge in [-0.3, -0.25) is 4.79 Å². The van der Waals surface area contributed by atoms with Crippen molar-refractivity contribution in [3.05, 3.63) is 83.8 Å². The van der Waals surface area contributed by atoms with Crippen LogP contribution in [0.25, 0.3) is 0 Å². The third-order valence-electron chi connectivity index (χ3n) is 3.47. The summed E-state index contributed by atoms with van der Waals surface area (Å²) in [5.41, 5.74) is 3.42. The minimum Gasteiger partial charge on any atom is -0.347 e. The lowest BCUT2D eigenvalue weighted by atomic mass is 10.2. The van der Waals surface area contributed by atoms with Crippen molar-refractivity contribution in [2.24, 2.45) is 0 Å². The molecule has 1 heterocycles. The lowest BCUT2D eigenvalue weighted by Crippen LogP contribution is -2.24. The van der Waals surface area contributed by atoms with E-state index in [1.54, 1.807) is 6.20 Å². The zero-order valence-electron chi connectivity index (χ0n) is 13.4. The van der Waals surface area contributed by atoms with E-state index in [1.807, 2.05) is 61.5 Å². The van der Waals surface area contributed by atoms with E-state index in [1.165, 1.54) is 6.20 Å². The second-order valence-corrected chi connectivity index (χ2v) is 5.45. The van der Waals surface area contributed by atoms with Gasteiger partial charge in [0, 0.05) is 12.2 Å². The molecule has 1 aromatic heterocycles. The van der Waals surface area contributed by atoms with Gasteiger partial charge >= 0.3 is 0 Å². The average molecular weight is 318 g/mol. The number of hydrogen-bond acceptors (Lipinski definition) is 4. The van der Waals surface area contributed by atoms with Crippen LogP contribution in [0, 0.1) is 6.92 Å². The lowest BCUT2D eigenvalue weighted by Gasteiger charge is -2.07. The summed E-state index contributed by atoms with van der Waals surface area (Å²) in [7, 11) is 0. The van der Waals surface area contributed by atoms with Crippen LogP contribution in [0.2, 0.25) is 0 Å². The number of hydrogen-bond donors (Lipinski definition) is 2. The summed E-state index contributed by atoms with van der Waals surface area (Å²) in [6.45, 7) is 2.49. The van der Waals surface area contributed by atoms with Crippen molar-refractivity contribution < 1.29 is 4.79 Å². The molecule has 5 nitrogen and oxygen atoms in total. The normalized spacial score (nSPS) is 10.2. The van der Waals surface area contributed by atoms with Gasteiger partial charge in [-0.15, -0.1) is 0 Å². The van der Waals surface area contributed by atoms with E-state index in [-0.39, 0.29) is 5.91 Å². The van der Waals surface area contributed by atoms with Crippen LogP contribution < -0.4 is 10.6 Å². The number of rotatable bonds is 5. The Hall–Kier alpha value is -3.21. The maximum atomic E-state index is 12.1. The van der Waals surface area contributed by atoms with E-state index in [9.17, 15) is 4.79 Å². The molecule has 0 atom stereocenters. The molecule has 3 aromatic rings. The minimum atomic E-state index is -0.242. The van der Waals surface area contributed by atoms with E-state index in [2.05, 4.69) is 20.6 Å². The summed E-state index contributed by atoms with van der Waals surface area (Å²) in [5, 5.41) is 5.99. The molecular formula is C19H18N4O. The molecule has 0 bridgehead atoms. The van der Waals surface area contributed by atoms with Crippen LogP contribution in [-0.4, -0.2) is 15.9 Å². The molecule has 0 unspecified atom stereocenters. The number of carbonyl (C=O) groups excluding carboxylic acids is 1. The van der Waals surface area contributed by atoms with Gasteiger partial charge in [-0.2, -0.15) is 0 Å². The highest BCUT2D eigenvalue weighted by Gasteiger charge is 2.08. The molecule has 120 valence electrons. The van der Waals surface area contributed by atoms with Crippen molar-refractivity contribution in [3.8, 4) is 0 Å². The minimum absolute atomic E-state index is 0.242. The Bertz CT molecular complexity index is 816. The number of aryl methyl sites for hydroxylation is 1. The summed E-state index contributed by atoms with van der Waals surface area (Å²) >= 11 is 0. The Morgan fingerprint density at radius 3 is 2.54 bits per heavy atom. The predicted molar refractivity (Wildman–Crippen MR) is 94.1 cm³/mol. The highest BCUT2D eigenvalue weighted by molar-refractivity contribution is 5.92. The zero-order chi connectivity index (χ0) is 16.8. The number of nitrogens with one attached hydrogen (secondary N) is 2. The first-order chi connectivity index (χ1) is 11.7. The van der Waals surface area contributed by atoms with E-state index >= 15 is 0 Å². The smallest absolute Gasteiger partial charge is 0.271 e. The summed E-state index contributed by atoms with van der Waals surface area (Å²) < 4.78 is 0. The second-order valence-electron chi connectivity index (χ2n) is 5.45. The molecule has 0 saturated carbocycles. The first-order valence-electron chi connectivity index (χ1n) is 7.68. The van der Waals surface area contributed by atoms with Gasteiger partial charge in [0.05, 0.1) is 12.4 Å². The fraction of sp³-hybridized carbons (Fsp3) is 0.105. The first-order valence-corrected chi connectivity index (χ1v) is 7.68. The van der Waals surface area contributed by atoms with Crippen molar-refractivity contribution in [1.82, 2.24) is 15.3 Å². The Labute approximate surface area is 140 Å². The Balaban J connectivity index is 1.60. The van der Waals surface area contributed by atoms with Crippen molar-refractivity contribution in [2.45, 2.75) is 13.5 Å². The molecule has 0 aliphatic heterocycles. The quantitative estimate of drug-likeness (QED) is 0.756. The number of anilines is 2. The standard InChI is InChI=1S/C19H18N4O/c1-14-6-5-9-16(10-14)23-18-13-20-17(12-21-18)19(24)22-11-15-7-3-2-4-8-15/h2-10,12-13H,11H2,1H3,(H,21,23)(H,22,24).